The molecule has 1 atom stereocenters. The standard InChI is InChI=1S/C34H39F2NO3/c1-24-30-23-29(39)18-19-31(30)40-34(33(24)27-11-8-12-28(38)22-27)26-16-14-25(15-17-26)10-9-21-37-20-7-5-3-2-4-6-13-32(35)36/h8-12,14-19,22-23,32,34,37-39H,2-7,13,20-21H2,1H3/b10-9+. The van der Waals surface area contributed by atoms with Gasteiger partial charge in [-0.1, -0.05) is 74.2 Å². The highest BCUT2D eigenvalue weighted by molar-refractivity contribution is 5.95. The largest absolute Gasteiger partial charge is 0.508 e. The van der Waals surface area contributed by atoms with Gasteiger partial charge in [0.1, 0.15) is 23.4 Å². The van der Waals surface area contributed by atoms with Crippen LogP contribution in [-0.4, -0.2) is 29.7 Å². The zero-order valence-electron chi connectivity index (χ0n) is 23.1. The normalized spacial score (nSPS) is 15.1. The van der Waals surface area contributed by atoms with E-state index in [9.17, 15) is 19.0 Å². The number of unbranched alkanes of at least 4 members (excludes halogenated alkanes) is 5. The van der Waals surface area contributed by atoms with Crippen molar-refractivity contribution in [3.05, 3.63) is 95.1 Å². The van der Waals surface area contributed by atoms with Crippen LogP contribution in [0.5, 0.6) is 17.2 Å². The summed E-state index contributed by atoms with van der Waals surface area (Å²) in [6.07, 6.45) is 7.60. The molecule has 1 aliphatic rings. The lowest BCUT2D eigenvalue weighted by Gasteiger charge is -2.31. The number of alkyl halides is 2. The predicted octanol–water partition coefficient (Wildman–Crippen LogP) is 8.76. The molecule has 0 spiro atoms. The molecule has 0 aliphatic carbocycles. The fraction of sp³-hybridized carbons (Fsp3) is 0.353. The van der Waals surface area contributed by atoms with Crippen LogP contribution in [0, 0.1) is 0 Å². The molecule has 3 aromatic rings. The summed E-state index contributed by atoms with van der Waals surface area (Å²) in [7, 11) is 0. The summed E-state index contributed by atoms with van der Waals surface area (Å²) in [6.45, 7) is 3.76. The second kappa shape index (κ2) is 14.7. The summed E-state index contributed by atoms with van der Waals surface area (Å²) >= 11 is 0. The third-order valence-electron chi connectivity index (χ3n) is 7.27. The van der Waals surface area contributed by atoms with Crippen molar-refractivity contribution in [2.24, 2.45) is 0 Å². The molecule has 40 heavy (non-hydrogen) atoms. The first-order valence-electron chi connectivity index (χ1n) is 14.2. The van der Waals surface area contributed by atoms with Crippen LogP contribution in [0.2, 0.25) is 0 Å². The molecule has 3 aromatic carbocycles. The van der Waals surface area contributed by atoms with Crippen molar-refractivity contribution in [2.75, 3.05) is 13.1 Å². The van der Waals surface area contributed by atoms with E-state index >= 15 is 0 Å². The fourth-order valence-corrected chi connectivity index (χ4v) is 5.14. The number of hydrogen-bond donors (Lipinski definition) is 3. The minimum absolute atomic E-state index is 0.0302. The van der Waals surface area contributed by atoms with Gasteiger partial charge in [-0.25, -0.2) is 8.78 Å². The van der Waals surface area contributed by atoms with E-state index in [0.29, 0.717) is 12.2 Å². The van der Waals surface area contributed by atoms with Gasteiger partial charge in [-0.2, -0.15) is 0 Å². The van der Waals surface area contributed by atoms with Gasteiger partial charge < -0.3 is 20.3 Å². The molecular weight excluding hydrogens is 508 g/mol. The molecule has 4 nitrogen and oxygen atoms in total. The lowest BCUT2D eigenvalue weighted by Crippen LogP contribution is -2.16. The lowest BCUT2D eigenvalue weighted by atomic mass is 9.86. The molecule has 0 bridgehead atoms. The topological polar surface area (TPSA) is 61.7 Å². The summed E-state index contributed by atoms with van der Waals surface area (Å²) in [5, 5.41) is 23.6. The Bertz CT molecular complexity index is 1300. The number of allylic oxidation sites excluding steroid dienone is 1. The van der Waals surface area contributed by atoms with E-state index in [1.807, 2.05) is 19.1 Å². The molecule has 212 valence electrons. The van der Waals surface area contributed by atoms with E-state index < -0.39 is 6.43 Å². The molecule has 0 radical (unpaired) electrons. The third-order valence-corrected chi connectivity index (χ3v) is 7.27. The number of hydrogen-bond acceptors (Lipinski definition) is 4. The summed E-state index contributed by atoms with van der Waals surface area (Å²) in [6, 6.07) is 20.6. The van der Waals surface area contributed by atoms with Crippen LogP contribution in [0.4, 0.5) is 8.78 Å². The molecule has 0 amide bonds. The van der Waals surface area contributed by atoms with Crippen molar-refractivity contribution >= 4 is 17.2 Å². The average molecular weight is 548 g/mol. The molecular formula is C34H39F2NO3. The number of aromatic hydroxyl groups is 2. The SMILES string of the molecule is CC1=C(c2cccc(O)c2)C(c2ccc(/C=C/CNCCCCCCCCC(F)F)cc2)Oc2ccc(O)cc21. The first kappa shape index (κ1) is 29.3. The maximum absolute atomic E-state index is 12.1. The van der Waals surface area contributed by atoms with Crippen LogP contribution in [0.25, 0.3) is 17.2 Å². The van der Waals surface area contributed by atoms with Gasteiger partial charge in [0.25, 0.3) is 0 Å². The third kappa shape index (κ3) is 8.18. The average Bonchev–Trinajstić information content (AvgIpc) is 2.94. The van der Waals surface area contributed by atoms with Crippen LogP contribution < -0.4 is 10.1 Å². The second-order valence-electron chi connectivity index (χ2n) is 10.3. The predicted molar refractivity (Wildman–Crippen MR) is 159 cm³/mol. The van der Waals surface area contributed by atoms with Crippen molar-refractivity contribution < 1.29 is 23.7 Å². The zero-order valence-corrected chi connectivity index (χ0v) is 23.1. The first-order valence-corrected chi connectivity index (χ1v) is 14.2. The number of benzene rings is 3. The summed E-state index contributed by atoms with van der Waals surface area (Å²) in [5.74, 6) is 1.09. The first-order chi connectivity index (χ1) is 19.4. The number of rotatable bonds is 14. The Hall–Kier alpha value is -3.64. The van der Waals surface area contributed by atoms with Gasteiger partial charge >= 0.3 is 0 Å². The fourth-order valence-electron chi connectivity index (χ4n) is 5.14. The second-order valence-corrected chi connectivity index (χ2v) is 10.3. The highest BCUT2D eigenvalue weighted by Crippen LogP contribution is 2.47. The van der Waals surface area contributed by atoms with Crippen molar-refractivity contribution in [2.45, 2.75) is 64.4 Å². The highest BCUT2D eigenvalue weighted by Gasteiger charge is 2.29. The van der Waals surface area contributed by atoms with Crippen LogP contribution in [0.1, 0.15) is 80.2 Å². The highest BCUT2D eigenvalue weighted by atomic mass is 19.3. The number of halogens is 2. The van der Waals surface area contributed by atoms with E-state index in [1.54, 1.807) is 30.3 Å². The summed E-state index contributed by atoms with van der Waals surface area (Å²) < 4.78 is 30.7. The molecule has 0 saturated carbocycles. The van der Waals surface area contributed by atoms with Gasteiger partial charge in [0, 0.05) is 24.1 Å². The molecule has 0 saturated heterocycles. The van der Waals surface area contributed by atoms with Crippen molar-refractivity contribution in [3.63, 3.8) is 0 Å². The quantitative estimate of drug-likeness (QED) is 0.177. The van der Waals surface area contributed by atoms with E-state index in [2.05, 4.69) is 41.7 Å². The smallest absolute Gasteiger partial charge is 0.238 e. The van der Waals surface area contributed by atoms with Crippen molar-refractivity contribution in [1.29, 1.82) is 0 Å². The number of fused-ring (bicyclic) bond motifs is 1. The van der Waals surface area contributed by atoms with Gasteiger partial charge in [0.2, 0.25) is 6.43 Å². The van der Waals surface area contributed by atoms with Gasteiger partial charge in [-0.15, -0.1) is 0 Å². The number of phenols is 2. The van der Waals surface area contributed by atoms with Gasteiger partial charge in [-0.3, -0.25) is 0 Å². The molecule has 0 aromatic heterocycles. The van der Waals surface area contributed by atoms with Crippen molar-refractivity contribution in [1.82, 2.24) is 5.32 Å². The molecule has 6 heteroatoms. The minimum atomic E-state index is -2.17. The molecule has 1 aliphatic heterocycles. The number of ether oxygens (including phenoxy) is 1. The molecule has 3 N–H and O–H groups in total. The molecule has 1 heterocycles. The zero-order chi connectivity index (χ0) is 28.3. The lowest BCUT2D eigenvalue weighted by molar-refractivity contribution is 0.133. The van der Waals surface area contributed by atoms with Crippen LogP contribution in [-0.2, 0) is 0 Å². The summed E-state index contributed by atoms with van der Waals surface area (Å²) in [4.78, 5) is 0. The molecule has 1 unspecified atom stereocenters. The molecule has 4 rings (SSSR count). The maximum Gasteiger partial charge on any atom is 0.238 e. The van der Waals surface area contributed by atoms with E-state index in [0.717, 1.165) is 78.6 Å². The Kier molecular flexibility index (Phi) is 10.8. The Morgan fingerprint density at radius 1 is 0.875 bits per heavy atom. The van der Waals surface area contributed by atoms with Crippen LogP contribution in [0.3, 0.4) is 0 Å². The monoisotopic (exact) mass is 547 g/mol. The Morgan fingerprint density at radius 2 is 1.60 bits per heavy atom. The van der Waals surface area contributed by atoms with Crippen molar-refractivity contribution in [3.8, 4) is 17.2 Å². The van der Waals surface area contributed by atoms with E-state index in [4.69, 9.17) is 4.74 Å². The number of phenolic OH excluding ortho intramolecular Hbond substituents is 2. The van der Waals surface area contributed by atoms with E-state index in [-0.39, 0.29) is 24.0 Å². The summed E-state index contributed by atoms with van der Waals surface area (Å²) in [5.41, 5.74) is 5.75. The van der Waals surface area contributed by atoms with Crippen LogP contribution in [0.15, 0.2) is 72.8 Å². The van der Waals surface area contributed by atoms with Gasteiger partial charge in [0.05, 0.1) is 0 Å². The van der Waals surface area contributed by atoms with E-state index in [1.165, 1.54) is 0 Å². The Morgan fingerprint density at radius 3 is 2.35 bits per heavy atom. The Labute approximate surface area is 236 Å². The van der Waals surface area contributed by atoms with Gasteiger partial charge in [-0.05, 0) is 78.9 Å². The number of nitrogens with one attached hydrogen (secondary N) is 1. The Balaban J connectivity index is 1.32. The molecule has 0 fully saturated rings. The van der Waals surface area contributed by atoms with Gasteiger partial charge in [0.15, 0.2) is 0 Å². The minimum Gasteiger partial charge on any atom is -0.508 e. The maximum atomic E-state index is 12.1. The van der Waals surface area contributed by atoms with Crippen LogP contribution >= 0.6 is 0 Å².